The predicted octanol–water partition coefficient (Wildman–Crippen LogP) is 5.93. The molecule has 140 valence electrons. The molecule has 27 heavy (non-hydrogen) atoms. The Hall–Kier alpha value is -2.17. The topological polar surface area (TPSA) is 62.1 Å². The van der Waals surface area contributed by atoms with Crippen molar-refractivity contribution in [2.75, 3.05) is 11.9 Å². The molecule has 0 heterocycles. The Morgan fingerprint density at radius 3 is 2.37 bits per heavy atom. The zero-order valence-electron chi connectivity index (χ0n) is 14.7. The minimum atomic E-state index is -0.573. The van der Waals surface area contributed by atoms with Crippen molar-refractivity contribution in [3.05, 3.63) is 62.3 Å². The van der Waals surface area contributed by atoms with Crippen molar-refractivity contribution in [1.82, 2.24) is 0 Å². The molecule has 0 aliphatic carbocycles. The molecule has 0 saturated carbocycles. The quantitative estimate of drug-likeness (QED) is 0.399. The van der Waals surface area contributed by atoms with Gasteiger partial charge < -0.3 is 10.1 Å². The molecule has 0 bridgehead atoms. The van der Waals surface area contributed by atoms with E-state index in [0.29, 0.717) is 38.5 Å². The SMILES string of the molecule is CC(C)COc1c(Br)cc(/C=C(\C#N)C(=O)Nc2ccc(F)cc2)cc1Br. The highest BCUT2D eigenvalue weighted by molar-refractivity contribution is 9.11. The number of hydrogen-bond donors (Lipinski definition) is 1. The van der Waals surface area contributed by atoms with Crippen molar-refractivity contribution in [1.29, 1.82) is 5.26 Å². The number of amides is 1. The van der Waals surface area contributed by atoms with E-state index >= 15 is 0 Å². The highest BCUT2D eigenvalue weighted by Crippen LogP contribution is 2.35. The average molecular weight is 496 g/mol. The minimum absolute atomic E-state index is 0.0750. The number of benzene rings is 2. The molecule has 0 aliphatic heterocycles. The number of rotatable bonds is 6. The first kappa shape index (κ1) is 21.1. The van der Waals surface area contributed by atoms with E-state index in [1.54, 1.807) is 12.1 Å². The number of nitrogens with zero attached hydrogens (tertiary/aromatic N) is 1. The fourth-order valence-electron chi connectivity index (χ4n) is 2.10. The lowest BCUT2D eigenvalue weighted by Crippen LogP contribution is -2.13. The standard InChI is InChI=1S/C20H17Br2FN2O2/c1-12(2)11-27-19-17(21)8-13(9-18(19)22)7-14(10-24)20(26)25-16-5-3-15(23)4-6-16/h3-9,12H,11H2,1-2H3,(H,25,26)/b14-7+. The molecule has 0 fully saturated rings. The predicted molar refractivity (Wildman–Crippen MR) is 111 cm³/mol. The van der Waals surface area contributed by atoms with E-state index in [-0.39, 0.29) is 5.57 Å². The first-order chi connectivity index (χ1) is 12.8. The summed E-state index contributed by atoms with van der Waals surface area (Å²) in [7, 11) is 0. The van der Waals surface area contributed by atoms with Crippen molar-refractivity contribution in [3.8, 4) is 11.8 Å². The average Bonchev–Trinajstić information content (AvgIpc) is 2.60. The van der Waals surface area contributed by atoms with Crippen LogP contribution < -0.4 is 10.1 Å². The molecule has 1 N–H and O–H groups in total. The Morgan fingerprint density at radius 2 is 1.85 bits per heavy atom. The smallest absolute Gasteiger partial charge is 0.266 e. The van der Waals surface area contributed by atoms with Gasteiger partial charge in [0.15, 0.2) is 0 Å². The molecular formula is C20H17Br2FN2O2. The van der Waals surface area contributed by atoms with Crippen LogP contribution in [0.1, 0.15) is 19.4 Å². The lowest BCUT2D eigenvalue weighted by molar-refractivity contribution is -0.112. The van der Waals surface area contributed by atoms with Gasteiger partial charge in [0.2, 0.25) is 0 Å². The largest absolute Gasteiger partial charge is 0.491 e. The molecule has 0 saturated heterocycles. The summed E-state index contributed by atoms with van der Waals surface area (Å²) in [5, 5.41) is 11.9. The second-order valence-corrected chi connectivity index (χ2v) is 7.86. The molecular weight excluding hydrogens is 479 g/mol. The number of anilines is 1. The molecule has 1 amide bonds. The van der Waals surface area contributed by atoms with Crippen molar-refractivity contribution >= 4 is 49.5 Å². The summed E-state index contributed by atoms with van der Waals surface area (Å²) in [6, 6.07) is 10.7. The third-order valence-corrected chi connectivity index (χ3v) is 4.54. The van der Waals surface area contributed by atoms with E-state index in [4.69, 9.17) is 4.74 Å². The Balaban J connectivity index is 2.22. The second kappa shape index (κ2) is 9.67. The Morgan fingerprint density at radius 1 is 1.26 bits per heavy atom. The van der Waals surface area contributed by atoms with Gasteiger partial charge in [-0.15, -0.1) is 0 Å². The third kappa shape index (κ3) is 6.19. The molecule has 0 aromatic heterocycles. The van der Waals surface area contributed by atoms with Crippen molar-refractivity contribution in [2.45, 2.75) is 13.8 Å². The summed E-state index contributed by atoms with van der Waals surface area (Å²) < 4.78 is 20.1. The summed E-state index contributed by atoms with van der Waals surface area (Å²) in [6.07, 6.45) is 1.47. The zero-order valence-corrected chi connectivity index (χ0v) is 17.9. The van der Waals surface area contributed by atoms with Gasteiger partial charge in [-0.05, 0) is 85.8 Å². The van der Waals surface area contributed by atoms with Crippen LogP contribution >= 0.6 is 31.9 Å². The number of hydrogen-bond acceptors (Lipinski definition) is 3. The fraction of sp³-hybridized carbons (Fsp3) is 0.200. The summed E-state index contributed by atoms with van der Waals surface area (Å²) in [4.78, 5) is 12.3. The van der Waals surface area contributed by atoms with Crippen molar-refractivity contribution in [2.24, 2.45) is 5.92 Å². The summed E-state index contributed by atoms with van der Waals surface area (Å²) in [5.41, 5.74) is 0.979. The van der Waals surface area contributed by atoms with Crippen LogP contribution in [0.15, 0.2) is 50.9 Å². The number of halogens is 3. The Kier molecular flexibility index (Phi) is 7.57. The van der Waals surface area contributed by atoms with E-state index in [2.05, 4.69) is 51.0 Å². The molecule has 0 radical (unpaired) electrons. The van der Waals surface area contributed by atoms with E-state index < -0.39 is 11.7 Å². The van der Waals surface area contributed by atoms with E-state index in [9.17, 15) is 14.4 Å². The number of carbonyl (C=O) groups is 1. The van der Waals surface area contributed by atoms with E-state index in [0.717, 1.165) is 0 Å². The molecule has 2 aromatic rings. The first-order valence-corrected chi connectivity index (χ1v) is 9.69. The van der Waals surface area contributed by atoms with Crippen LogP contribution in [0.2, 0.25) is 0 Å². The maximum Gasteiger partial charge on any atom is 0.266 e. The van der Waals surface area contributed by atoms with Crippen molar-refractivity contribution < 1.29 is 13.9 Å². The number of carbonyl (C=O) groups excluding carboxylic acids is 1. The number of ether oxygens (including phenoxy) is 1. The lowest BCUT2D eigenvalue weighted by atomic mass is 10.1. The van der Waals surface area contributed by atoms with Gasteiger partial charge in [0, 0.05) is 5.69 Å². The second-order valence-electron chi connectivity index (χ2n) is 6.15. The molecule has 7 heteroatoms. The summed E-state index contributed by atoms with van der Waals surface area (Å²) >= 11 is 6.91. The third-order valence-electron chi connectivity index (χ3n) is 3.36. The van der Waals surface area contributed by atoms with Gasteiger partial charge in [-0.2, -0.15) is 5.26 Å². The van der Waals surface area contributed by atoms with Crippen LogP contribution in [0.5, 0.6) is 5.75 Å². The van der Waals surface area contributed by atoms with Crippen LogP contribution in [-0.4, -0.2) is 12.5 Å². The minimum Gasteiger partial charge on any atom is -0.491 e. The van der Waals surface area contributed by atoms with Gasteiger partial charge in [0.05, 0.1) is 15.6 Å². The fourth-order valence-corrected chi connectivity index (χ4v) is 3.55. The maximum absolute atomic E-state index is 12.9. The van der Waals surface area contributed by atoms with Gasteiger partial charge in [0.25, 0.3) is 5.91 Å². The monoisotopic (exact) mass is 494 g/mol. The molecule has 0 unspecified atom stereocenters. The van der Waals surface area contributed by atoms with Crippen LogP contribution in [0, 0.1) is 23.1 Å². The summed E-state index contributed by atoms with van der Waals surface area (Å²) in [5.74, 6) is 0.0638. The van der Waals surface area contributed by atoms with Gasteiger partial charge in [-0.25, -0.2) is 4.39 Å². The normalized spacial score (nSPS) is 11.2. The molecule has 0 aliphatic rings. The molecule has 2 rings (SSSR count). The zero-order chi connectivity index (χ0) is 20.0. The molecule has 0 atom stereocenters. The van der Waals surface area contributed by atoms with Crippen LogP contribution in [-0.2, 0) is 4.79 Å². The van der Waals surface area contributed by atoms with Crippen LogP contribution in [0.3, 0.4) is 0 Å². The van der Waals surface area contributed by atoms with E-state index in [1.807, 2.05) is 6.07 Å². The highest BCUT2D eigenvalue weighted by Gasteiger charge is 2.13. The van der Waals surface area contributed by atoms with Gasteiger partial charge >= 0.3 is 0 Å². The van der Waals surface area contributed by atoms with Gasteiger partial charge in [-0.1, -0.05) is 13.8 Å². The van der Waals surface area contributed by atoms with Gasteiger partial charge in [0.1, 0.15) is 23.2 Å². The Labute approximate surface area is 174 Å². The first-order valence-electron chi connectivity index (χ1n) is 8.10. The van der Waals surface area contributed by atoms with Crippen LogP contribution in [0.4, 0.5) is 10.1 Å². The van der Waals surface area contributed by atoms with Crippen LogP contribution in [0.25, 0.3) is 6.08 Å². The highest BCUT2D eigenvalue weighted by atomic mass is 79.9. The maximum atomic E-state index is 12.9. The number of nitriles is 1. The number of nitrogens with one attached hydrogen (secondary N) is 1. The molecule has 0 spiro atoms. The van der Waals surface area contributed by atoms with Crippen molar-refractivity contribution in [3.63, 3.8) is 0 Å². The molecule has 2 aromatic carbocycles. The lowest BCUT2D eigenvalue weighted by Gasteiger charge is -2.13. The molecule has 4 nitrogen and oxygen atoms in total. The van der Waals surface area contributed by atoms with Gasteiger partial charge in [-0.3, -0.25) is 4.79 Å². The van der Waals surface area contributed by atoms with E-state index in [1.165, 1.54) is 30.3 Å². The Bertz CT molecular complexity index is 880. The summed E-state index contributed by atoms with van der Waals surface area (Å²) in [6.45, 7) is 4.67.